The van der Waals surface area contributed by atoms with Crippen LogP contribution in [0.5, 0.6) is 0 Å². The van der Waals surface area contributed by atoms with E-state index in [1.165, 1.54) is 4.90 Å². The highest BCUT2D eigenvalue weighted by atomic mass is 35.5. The van der Waals surface area contributed by atoms with Gasteiger partial charge in [0.2, 0.25) is 11.1 Å². The quantitative estimate of drug-likeness (QED) is 0.649. The van der Waals surface area contributed by atoms with Gasteiger partial charge >= 0.3 is 0 Å². The maximum absolute atomic E-state index is 11.5. The van der Waals surface area contributed by atoms with Gasteiger partial charge in [-0.05, 0) is 31.4 Å². The van der Waals surface area contributed by atoms with Crippen LogP contribution in [0.3, 0.4) is 0 Å². The molecule has 1 rings (SSSR count). The molecule has 1 fully saturated rings. The van der Waals surface area contributed by atoms with Crippen molar-refractivity contribution in [3.05, 3.63) is 0 Å². The Labute approximate surface area is 82.0 Å². The maximum Gasteiger partial charge on any atom is 0.244 e. The molecular formula is C8H13ClN2O2. The SMILES string of the molecule is C[C@H](N)C(=O)N1CCC[C@H]1C(=O)Cl. The van der Waals surface area contributed by atoms with E-state index in [0.717, 1.165) is 6.42 Å². The number of rotatable bonds is 2. The molecule has 0 aromatic heterocycles. The molecule has 2 atom stereocenters. The van der Waals surface area contributed by atoms with Crippen LogP contribution >= 0.6 is 11.6 Å². The first-order valence-electron chi connectivity index (χ1n) is 4.29. The lowest BCUT2D eigenvalue weighted by Crippen LogP contribution is -2.46. The standard InChI is InChI=1S/C8H13ClN2O2/c1-5(10)8(13)11-4-2-3-6(11)7(9)12/h5-6H,2-4,10H2,1H3/t5-,6-/m0/s1. The first-order chi connectivity index (χ1) is 6.04. The normalized spacial score (nSPS) is 24.5. The lowest BCUT2D eigenvalue weighted by Gasteiger charge is -2.23. The number of hydrogen-bond donors (Lipinski definition) is 1. The summed E-state index contributed by atoms with van der Waals surface area (Å²) in [5.41, 5.74) is 5.43. The Hall–Kier alpha value is -0.610. The van der Waals surface area contributed by atoms with Crippen molar-refractivity contribution in [2.24, 2.45) is 5.73 Å². The van der Waals surface area contributed by atoms with Crippen LogP contribution < -0.4 is 5.73 Å². The predicted octanol–water partition coefficient (Wildman–Crippen LogP) is 0.0900. The second kappa shape index (κ2) is 4.07. The van der Waals surface area contributed by atoms with E-state index in [-0.39, 0.29) is 5.91 Å². The fourth-order valence-electron chi connectivity index (χ4n) is 1.53. The van der Waals surface area contributed by atoms with E-state index in [1.54, 1.807) is 6.92 Å². The average Bonchev–Trinajstić information content (AvgIpc) is 2.50. The molecule has 0 radical (unpaired) electrons. The summed E-state index contributed by atoms with van der Waals surface area (Å²) in [4.78, 5) is 23.8. The Morgan fingerprint density at radius 1 is 1.62 bits per heavy atom. The second-order valence-electron chi connectivity index (χ2n) is 3.28. The molecule has 1 heterocycles. The maximum atomic E-state index is 11.5. The van der Waals surface area contributed by atoms with Gasteiger partial charge < -0.3 is 10.6 Å². The monoisotopic (exact) mass is 204 g/mol. The Balaban J connectivity index is 2.68. The summed E-state index contributed by atoms with van der Waals surface area (Å²) in [5.74, 6) is -0.198. The van der Waals surface area contributed by atoms with E-state index >= 15 is 0 Å². The third-order valence-corrected chi connectivity index (χ3v) is 2.44. The highest BCUT2D eigenvalue weighted by Crippen LogP contribution is 2.19. The van der Waals surface area contributed by atoms with E-state index in [4.69, 9.17) is 17.3 Å². The Bertz CT molecular complexity index is 230. The predicted molar refractivity (Wildman–Crippen MR) is 49.2 cm³/mol. The molecule has 0 saturated carbocycles. The molecule has 0 unspecified atom stereocenters. The number of hydrogen-bond acceptors (Lipinski definition) is 3. The number of halogens is 1. The summed E-state index contributed by atoms with van der Waals surface area (Å²) < 4.78 is 0. The van der Waals surface area contributed by atoms with Gasteiger partial charge in [0.15, 0.2) is 0 Å². The summed E-state index contributed by atoms with van der Waals surface area (Å²) in [5, 5.41) is -0.466. The molecule has 1 saturated heterocycles. The minimum atomic E-state index is -0.559. The fourth-order valence-corrected chi connectivity index (χ4v) is 1.75. The topological polar surface area (TPSA) is 63.4 Å². The lowest BCUT2D eigenvalue weighted by atomic mass is 10.2. The highest BCUT2D eigenvalue weighted by molar-refractivity contribution is 6.64. The van der Waals surface area contributed by atoms with Gasteiger partial charge in [-0.1, -0.05) is 0 Å². The minimum Gasteiger partial charge on any atom is -0.330 e. The summed E-state index contributed by atoms with van der Waals surface area (Å²) in [6.07, 6.45) is 1.47. The number of likely N-dealkylation sites (tertiary alicyclic amines) is 1. The fraction of sp³-hybridized carbons (Fsp3) is 0.750. The van der Waals surface area contributed by atoms with Crippen molar-refractivity contribution in [2.75, 3.05) is 6.54 Å². The average molecular weight is 205 g/mol. The molecule has 0 aliphatic carbocycles. The van der Waals surface area contributed by atoms with Crippen LogP contribution in [-0.4, -0.2) is 34.7 Å². The van der Waals surface area contributed by atoms with Gasteiger partial charge in [-0.15, -0.1) is 0 Å². The van der Waals surface area contributed by atoms with Crippen LogP contribution in [0.4, 0.5) is 0 Å². The van der Waals surface area contributed by atoms with Gasteiger partial charge in [0.05, 0.1) is 6.04 Å². The number of nitrogens with zero attached hydrogens (tertiary/aromatic N) is 1. The van der Waals surface area contributed by atoms with Crippen molar-refractivity contribution in [3.63, 3.8) is 0 Å². The van der Waals surface area contributed by atoms with Crippen LogP contribution in [0, 0.1) is 0 Å². The molecular weight excluding hydrogens is 192 g/mol. The molecule has 13 heavy (non-hydrogen) atoms. The van der Waals surface area contributed by atoms with Crippen LogP contribution in [-0.2, 0) is 9.59 Å². The summed E-state index contributed by atoms with van der Waals surface area (Å²) in [7, 11) is 0. The molecule has 74 valence electrons. The van der Waals surface area contributed by atoms with E-state index in [2.05, 4.69) is 0 Å². The largest absolute Gasteiger partial charge is 0.330 e. The third-order valence-electron chi connectivity index (χ3n) is 2.19. The van der Waals surface area contributed by atoms with Gasteiger partial charge in [-0.3, -0.25) is 9.59 Å². The first kappa shape index (κ1) is 10.5. The Morgan fingerprint density at radius 2 is 2.23 bits per heavy atom. The number of carbonyl (C=O) groups is 2. The van der Waals surface area contributed by atoms with Crippen LogP contribution in [0.2, 0.25) is 0 Å². The summed E-state index contributed by atoms with van der Waals surface area (Å²) in [6, 6.07) is -1.02. The van der Waals surface area contributed by atoms with Gasteiger partial charge in [0.25, 0.3) is 0 Å². The van der Waals surface area contributed by atoms with Crippen molar-refractivity contribution in [1.82, 2.24) is 4.90 Å². The third kappa shape index (κ3) is 2.19. The zero-order chi connectivity index (χ0) is 10.0. The smallest absolute Gasteiger partial charge is 0.244 e. The lowest BCUT2D eigenvalue weighted by molar-refractivity contribution is -0.136. The van der Waals surface area contributed by atoms with E-state index in [9.17, 15) is 9.59 Å². The van der Waals surface area contributed by atoms with E-state index < -0.39 is 17.3 Å². The van der Waals surface area contributed by atoms with Gasteiger partial charge in [-0.2, -0.15) is 0 Å². The van der Waals surface area contributed by atoms with Crippen LogP contribution in [0.15, 0.2) is 0 Å². The number of nitrogens with two attached hydrogens (primary N) is 1. The van der Waals surface area contributed by atoms with Crippen molar-refractivity contribution in [3.8, 4) is 0 Å². The van der Waals surface area contributed by atoms with Gasteiger partial charge in [0.1, 0.15) is 6.04 Å². The first-order valence-corrected chi connectivity index (χ1v) is 4.67. The van der Waals surface area contributed by atoms with Crippen molar-refractivity contribution >= 4 is 22.8 Å². The molecule has 1 amide bonds. The van der Waals surface area contributed by atoms with Crippen molar-refractivity contribution in [2.45, 2.75) is 31.8 Å². The van der Waals surface area contributed by atoms with E-state index in [1.807, 2.05) is 0 Å². The molecule has 5 heteroatoms. The summed E-state index contributed by atoms with van der Waals surface area (Å²) in [6.45, 7) is 2.19. The summed E-state index contributed by atoms with van der Waals surface area (Å²) >= 11 is 5.35. The Morgan fingerprint density at radius 3 is 2.69 bits per heavy atom. The van der Waals surface area contributed by atoms with Gasteiger partial charge in [-0.25, -0.2) is 0 Å². The van der Waals surface area contributed by atoms with E-state index in [0.29, 0.717) is 13.0 Å². The molecule has 0 bridgehead atoms. The molecule has 0 spiro atoms. The van der Waals surface area contributed by atoms with Gasteiger partial charge in [0, 0.05) is 6.54 Å². The van der Waals surface area contributed by atoms with Crippen molar-refractivity contribution in [1.29, 1.82) is 0 Å². The Kier molecular flexibility index (Phi) is 3.27. The second-order valence-corrected chi connectivity index (χ2v) is 3.65. The van der Waals surface area contributed by atoms with Crippen molar-refractivity contribution < 1.29 is 9.59 Å². The van der Waals surface area contributed by atoms with Crippen LogP contribution in [0.1, 0.15) is 19.8 Å². The molecule has 1 aliphatic rings. The molecule has 1 aliphatic heterocycles. The molecule has 4 nitrogen and oxygen atoms in total. The van der Waals surface area contributed by atoms with Crippen LogP contribution in [0.25, 0.3) is 0 Å². The zero-order valence-electron chi connectivity index (χ0n) is 7.50. The molecule has 0 aromatic rings. The number of carbonyl (C=O) groups excluding carboxylic acids is 2. The molecule has 0 aromatic carbocycles. The number of amides is 1. The highest BCUT2D eigenvalue weighted by Gasteiger charge is 2.33. The minimum absolute atomic E-state index is 0.198. The molecule has 2 N–H and O–H groups in total. The zero-order valence-corrected chi connectivity index (χ0v) is 8.25.